The number of hydrazine groups is 1. The number of nitrogens with zero attached hydrogens (tertiary/aromatic N) is 1. The number of hydrogen-bond acceptors (Lipinski definition) is 5. The fourth-order valence-electron chi connectivity index (χ4n) is 3.26. The zero-order valence-electron chi connectivity index (χ0n) is 14.5. The Labute approximate surface area is 160 Å². The van der Waals surface area contributed by atoms with Gasteiger partial charge >= 0.3 is 0 Å². The molecule has 3 rings (SSSR count). The van der Waals surface area contributed by atoms with Crippen molar-refractivity contribution in [2.75, 3.05) is 13.7 Å². The van der Waals surface area contributed by atoms with Crippen LogP contribution in [-0.4, -0.2) is 42.2 Å². The van der Waals surface area contributed by atoms with E-state index in [1.165, 1.54) is 19.2 Å². The first-order valence-electron chi connectivity index (χ1n) is 8.35. The highest BCUT2D eigenvalue weighted by Crippen LogP contribution is 2.34. The normalized spacial score (nSPS) is 21.0. The van der Waals surface area contributed by atoms with Gasteiger partial charge in [-0.05, 0) is 31.0 Å². The van der Waals surface area contributed by atoms with Crippen molar-refractivity contribution in [2.24, 2.45) is 11.8 Å². The number of methoxy groups -OCH3 is 1. The maximum atomic E-state index is 12.3. The Bertz CT molecular complexity index is 812. The van der Waals surface area contributed by atoms with Gasteiger partial charge in [0, 0.05) is 5.02 Å². The summed E-state index contributed by atoms with van der Waals surface area (Å²) in [5.41, 5.74) is 4.57. The summed E-state index contributed by atoms with van der Waals surface area (Å²) in [5, 5.41) is 0.330. The smallest absolute Gasteiger partial charge is 0.273 e. The van der Waals surface area contributed by atoms with Crippen LogP contribution < -0.4 is 15.6 Å². The average Bonchev–Trinajstić information content (AvgIpc) is 2.91. The molecule has 8 nitrogen and oxygen atoms in total. The van der Waals surface area contributed by atoms with Crippen molar-refractivity contribution < 1.29 is 23.9 Å². The molecule has 9 heteroatoms. The summed E-state index contributed by atoms with van der Waals surface area (Å²) in [7, 11) is 1.40. The van der Waals surface area contributed by atoms with Crippen molar-refractivity contribution in [1.82, 2.24) is 15.8 Å². The van der Waals surface area contributed by atoms with Crippen molar-refractivity contribution >= 4 is 35.2 Å². The van der Waals surface area contributed by atoms with Gasteiger partial charge in [0.15, 0.2) is 0 Å². The fraction of sp³-hybridized carbons (Fsp3) is 0.333. The summed E-state index contributed by atoms with van der Waals surface area (Å²) in [6.45, 7) is -0.447. The number of amides is 4. The van der Waals surface area contributed by atoms with E-state index in [0.29, 0.717) is 17.9 Å². The number of hydrogen-bond donors (Lipinski definition) is 2. The van der Waals surface area contributed by atoms with Gasteiger partial charge in [-0.1, -0.05) is 23.8 Å². The number of nitrogens with one attached hydrogen (secondary N) is 2. The summed E-state index contributed by atoms with van der Waals surface area (Å²) in [6, 6.07) is 4.48. The van der Waals surface area contributed by atoms with Gasteiger partial charge in [0.05, 0.1) is 24.5 Å². The first-order valence-corrected chi connectivity index (χ1v) is 8.73. The highest BCUT2D eigenvalue weighted by Gasteiger charge is 2.47. The average molecular weight is 392 g/mol. The minimum Gasteiger partial charge on any atom is -0.496 e. The van der Waals surface area contributed by atoms with E-state index in [2.05, 4.69) is 10.9 Å². The number of carbonyl (C=O) groups is 4. The number of rotatable bonds is 4. The molecule has 1 aromatic carbocycles. The Morgan fingerprint density at radius 2 is 1.78 bits per heavy atom. The Morgan fingerprint density at radius 3 is 2.37 bits per heavy atom. The Kier molecular flexibility index (Phi) is 5.46. The van der Waals surface area contributed by atoms with E-state index in [4.69, 9.17) is 16.3 Å². The molecule has 142 valence electrons. The predicted octanol–water partition coefficient (Wildman–Crippen LogP) is 1.06. The quantitative estimate of drug-likeness (QED) is 0.453. The fourth-order valence-corrected chi connectivity index (χ4v) is 3.43. The van der Waals surface area contributed by atoms with Crippen molar-refractivity contribution in [2.45, 2.75) is 12.8 Å². The molecule has 1 heterocycles. The maximum Gasteiger partial charge on any atom is 0.273 e. The summed E-state index contributed by atoms with van der Waals surface area (Å²) >= 11 is 5.88. The van der Waals surface area contributed by atoms with Crippen LogP contribution in [0.1, 0.15) is 23.2 Å². The first-order chi connectivity index (χ1) is 12.9. The molecule has 27 heavy (non-hydrogen) atoms. The van der Waals surface area contributed by atoms with E-state index in [0.717, 1.165) is 4.90 Å². The number of allylic oxidation sites excluding steroid dienone is 2. The molecule has 2 atom stereocenters. The Morgan fingerprint density at radius 1 is 1.15 bits per heavy atom. The molecule has 0 radical (unpaired) electrons. The number of ether oxygens (including phenoxy) is 1. The van der Waals surface area contributed by atoms with Crippen LogP contribution in [0.4, 0.5) is 0 Å². The molecule has 2 N–H and O–H groups in total. The number of imide groups is 1. The Hall–Kier alpha value is -2.87. The molecule has 0 unspecified atom stereocenters. The number of fused-ring (bicyclic) bond motifs is 1. The van der Waals surface area contributed by atoms with Crippen molar-refractivity contribution in [3.8, 4) is 5.75 Å². The van der Waals surface area contributed by atoms with Gasteiger partial charge in [0.2, 0.25) is 11.8 Å². The van der Waals surface area contributed by atoms with Gasteiger partial charge in [-0.2, -0.15) is 0 Å². The molecule has 0 saturated carbocycles. The molecule has 1 aliphatic carbocycles. The minimum absolute atomic E-state index is 0.135. The number of benzene rings is 1. The van der Waals surface area contributed by atoms with Gasteiger partial charge in [0.1, 0.15) is 12.3 Å². The van der Waals surface area contributed by atoms with Crippen LogP contribution in [0.2, 0.25) is 5.02 Å². The van der Waals surface area contributed by atoms with Gasteiger partial charge in [-0.25, -0.2) is 0 Å². The molecule has 1 saturated heterocycles. The first kappa shape index (κ1) is 18.9. The molecule has 0 bridgehead atoms. The predicted molar refractivity (Wildman–Crippen MR) is 95.7 cm³/mol. The van der Waals surface area contributed by atoms with E-state index in [-0.39, 0.29) is 23.1 Å². The number of carbonyl (C=O) groups excluding carboxylic acids is 4. The second-order valence-corrected chi connectivity index (χ2v) is 6.70. The number of likely N-dealkylation sites (tertiary alicyclic amines) is 1. The van der Waals surface area contributed by atoms with E-state index in [9.17, 15) is 19.2 Å². The third kappa shape index (κ3) is 3.80. The van der Waals surface area contributed by atoms with E-state index in [1.54, 1.807) is 6.07 Å². The third-order valence-electron chi connectivity index (χ3n) is 4.62. The zero-order valence-corrected chi connectivity index (χ0v) is 15.3. The topological polar surface area (TPSA) is 105 Å². The molecule has 1 fully saturated rings. The largest absolute Gasteiger partial charge is 0.496 e. The SMILES string of the molecule is COc1ccc(Cl)cc1C(=O)NNC(=O)CN1C(=O)[C@@H]2CC=CC[C@H]2C1=O. The molecule has 0 spiro atoms. The lowest BCUT2D eigenvalue weighted by Crippen LogP contribution is -2.48. The standard InChI is InChI=1S/C18H18ClN3O5/c1-27-14-7-6-10(19)8-13(14)16(24)21-20-15(23)9-22-17(25)11-4-2-3-5-12(11)18(22)26/h2-3,6-8,11-12H,4-5,9H2,1H3,(H,20,23)(H,21,24)/t11-,12-/m1/s1. The minimum atomic E-state index is -0.683. The summed E-state index contributed by atoms with van der Waals surface area (Å²) < 4.78 is 5.08. The van der Waals surface area contributed by atoms with Gasteiger partial charge in [-0.15, -0.1) is 0 Å². The Balaban J connectivity index is 1.59. The summed E-state index contributed by atoms with van der Waals surface area (Å²) in [4.78, 5) is 50.0. The van der Waals surface area contributed by atoms with Crippen molar-refractivity contribution in [3.63, 3.8) is 0 Å². The summed E-state index contributed by atoms with van der Waals surface area (Å²) in [5.74, 6) is -2.55. The van der Waals surface area contributed by atoms with Crippen molar-refractivity contribution in [1.29, 1.82) is 0 Å². The third-order valence-corrected chi connectivity index (χ3v) is 4.86. The maximum absolute atomic E-state index is 12.3. The van der Waals surface area contributed by atoms with Gasteiger partial charge in [0.25, 0.3) is 11.8 Å². The zero-order chi connectivity index (χ0) is 19.6. The van der Waals surface area contributed by atoms with Crippen LogP contribution in [0.5, 0.6) is 5.75 Å². The second kappa shape index (κ2) is 7.79. The monoisotopic (exact) mass is 391 g/mol. The lowest BCUT2D eigenvalue weighted by Gasteiger charge is -2.15. The van der Waals surface area contributed by atoms with Gasteiger partial charge < -0.3 is 4.74 Å². The van der Waals surface area contributed by atoms with Crippen LogP contribution in [0, 0.1) is 11.8 Å². The lowest BCUT2D eigenvalue weighted by atomic mass is 9.85. The molecular weight excluding hydrogens is 374 g/mol. The van der Waals surface area contributed by atoms with Crippen LogP contribution in [0.3, 0.4) is 0 Å². The van der Waals surface area contributed by atoms with Crippen molar-refractivity contribution in [3.05, 3.63) is 40.9 Å². The van der Waals surface area contributed by atoms with E-state index in [1.807, 2.05) is 12.2 Å². The highest BCUT2D eigenvalue weighted by molar-refractivity contribution is 6.31. The number of halogens is 1. The van der Waals surface area contributed by atoms with Gasteiger partial charge in [-0.3, -0.25) is 34.9 Å². The molecule has 1 aromatic rings. The van der Waals surface area contributed by atoms with Crippen LogP contribution in [0.15, 0.2) is 30.4 Å². The highest BCUT2D eigenvalue weighted by atomic mass is 35.5. The van der Waals surface area contributed by atoms with E-state index < -0.39 is 30.2 Å². The molecule has 1 aliphatic heterocycles. The summed E-state index contributed by atoms with van der Waals surface area (Å²) in [6.07, 6.45) is 4.74. The molecule has 4 amide bonds. The second-order valence-electron chi connectivity index (χ2n) is 6.27. The van der Waals surface area contributed by atoms with E-state index >= 15 is 0 Å². The molecule has 2 aliphatic rings. The van der Waals surface area contributed by atoms with Crippen LogP contribution >= 0.6 is 11.6 Å². The van der Waals surface area contributed by atoms with Crippen LogP contribution in [0.25, 0.3) is 0 Å². The lowest BCUT2D eigenvalue weighted by molar-refractivity contribution is -0.143. The molecule has 0 aromatic heterocycles. The van der Waals surface area contributed by atoms with Crippen LogP contribution in [-0.2, 0) is 14.4 Å². The molecular formula is C18H18ClN3O5.